The average Bonchev–Trinajstić information content (AvgIpc) is 1.92. The first kappa shape index (κ1) is 14.4. The molecule has 0 fully saturated rings. The Morgan fingerprint density at radius 2 is 1.00 bits per heavy atom. The normalized spacial score (nSPS) is 15.0. The first-order valence-corrected chi connectivity index (χ1v) is 8.64. The molecule has 0 radical (unpaired) electrons. The van der Waals surface area contributed by atoms with Crippen molar-refractivity contribution < 1.29 is 8.85 Å². The molecule has 0 amide bonds. The molecular weight excluding hydrogens is 208 g/mol. The zero-order valence-corrected chi connectivity index (χ0v) is 13.5. The number of hydrogen-bond acceptors (Lipinski definition) is 2. The summed E-state index contributed by atoms with van der Waals surface area (Å²) >= 11 is 0. The molecule has 0 heterocycles. The van der Waals surface area contributed by atoms with Gasteiger partial charge in [-0.3, -0.25) is 0 Å². The SMILES string of the molecule is CC(C)(C)O[SiH2]CC[SiH2]OC(C)(C)C. The minimum Gasteiger partial charge on any atom is -0.419 e. The van der Waals surface area contributed by atoms with Gasteiger partial charge in [0.2, 0.25) is 0 Å². The number of rotatable bonds is 5. The summed E-state index contributed by atoms with van der Waals surface area (Å²) in [4.78, 5) is 0. The lowest BCUT2D eigenvalue weighted by molar-refractivity contribution is 0.134. The standard InChI is InChI=1S/C10H26O2Si2/c1-9(2,3)11-13-7-8-14-12-10(4,5)6/h7-8,13-14H2,1-6H3. The van der Waals surface area contributed by atoms with Gasteiger partial charge in [0.05, 0.1) is 0 Å². The molecule has 0 aliphatic carbocycles. The molecule has 0 aromatic carbocycles. The zero-order valence-electron chi connectivity index (χ0n) is 10.6. The molecule has 0 aliphatic heterocycles. The van der Waals surface area contributed by atoms with Gasteiger partial charge in [0.15, 0.2) is 19.5 Å². The molecule has 0 saturated heterocycles. The summed E-state index contributed by atoms with van der Waals surface area (Å²) < 4.78 is 11.5. The predicted molar refractivity (Wildman–Crippen MR) is 68.4 cm³/mol. The summed E-state index contributed by atoms with van der Waals surface area (Å²) in [5.74, 6) is 0. The van der Waals surface area contributed by atoms with Gasteiger partial charge in [-0.25, -0.2) is 0 Å². The van der Waals surface area contributed by atoms with E-state index in [1.165, 1.54) is 12.1 Å². The van der Waals surface area contributed by atoms with Gasteiger partial charge in [0, 0.05) is 11.2 Å². The Labute approximate surface area is 93.6 Å². The summed E-state index contributed by atoms with van der Waals surface area (Å²) in [6.45, 7) is 12.8. The lowest BCUT2D eigenvalue weighted by atomic mass is 10.2. The van der Waals surface area contributed by atoms with E-state index in [0.29, 0.717) is 0 Å². The van der Waals surface area contributed by atoms with Crippen molar-refractivity contribution in [3.8, 4) is 0 Å². The Morgan fingerprint density at radius 3 is 1.21 bits per heavy atom. The molecule has 0 saturated carbocycles. The minimum absolute atomic E-state index is 0.0681. The summed E-state index contributed by atoms with van der Waals surface area (Å²) in [6.07, 6.45) is 0. The smallest absolute Gasteiger partial charge is 0.162 e. The summed E-state index contributed by atoms with van der Waals surface area (Å²) in [5, 5.41) is 0. The Hall–Kier alpha value is 0.354. The van der Waals surface area contributed by atoms with E-state index in [4.69, 9.17) is 8.85 Å². The second-order valence-corrected chi connectivity index (χ2v) is 8.44. The van der Waals surface area contributed by atoms with Gasteiger partial charge in [0.25, 0.3) is 0 Å². The van der Waals surface area contributed by atoms with Crippen LogP contribution in [0.1, 0.15) is 41.5 Å². The Bertz CT molecular complexity index is 129. The quantitative estimate of drug-likeness (QED) is 0.532. The van der Waals surface area contributed by atoms with E-state index in [2.05, 4.69) is 41.5 Å². The lowest BCUT2D eigenvalue weighted by Crippen LogP contribution is -2.23. The molecule has 86 valence electrons. The largest absolute Gasteiger partial charge is 0.419 e. The van der Waals surface area contributed by atoms with Crippen LogP contribution in [0.4, 0.5) is 0 Å². The van der Waals surface area contributed by atoms with Gasteiger partial charge in [-0.15, -0.1) is 0 Å². The van der Waals surface area contributed by atoms with Crippen LogP contribution in [0.3, 0.4) is 0 Å². The van der Waals surface area contributed by atoms with Crippen LogP contribution < -0.4 is 0 Å². The van der Waals surface area contributed by atoms with E-state index in [9.17, 15) is 0 Å². The molecule has 4 heteroatoms. The van der Waals surface area contributed by atoms with E-state index in [1.807, 2.05) is 0 Å². The van der Waals surface area contributed by atoms with Crippen LogP contribution in [0.15, 0.2) is 0 Å². The van der Waals surface area contributed by atoms with Crippen molar-refractivity contribution >= 4 is 19.5 Å². The second-order valence-electron chi connectivity index (χ2n) is 5.63. The molecule has 0 spiro atoms. The molecule has 14 heavy (non-hydrogen) atoms. The average molecular weight is 234 g/mol. The Morgan fingerprint density at radius 1 is 0.714 bits per heavy atom. The lowest BCUT2D eigenvalue weighted by Gasteiger charge is -2.21. The van der Waals surface area contributed by atoms with E-state index in [-0.39, 0.29) is 30.7 Å². The van der Waals surface area contributed by atoms with Crippen LogP contribution >= 0.6 is 0 Å². The van der Waals surface area contributed by atoms with Crippen molar-refractivity contribution in [2.45, 2.75) is 64.8 Å². The van der Waals surface area contributed by atoms with Crippen LogP contribution in [0, 0.1) is 0 Å². The molecule has 2 nitrogen and oxygen atoms in total. The maximum Gasteiger partial charge on any atom is 0.162 e. The molecule has 0 aromatic rings. The highest BCUT2D eigenvalue weighted by molar-refractivity contribution is 6.34. The third-order valence-corrected chi connectivity index (χ3v) is 6.33. The fourth-order valence-corrected chi connectivity index (χ4v) is 4.11. The molecule has 0 unspecified atom stereocenters. The van der Waals surface area contributed by atoms with E-state index in [1.54, 1.807) is 0 Å². The number of hydrogen-bond donors (Lipinski definition) is 0. The van der Waals surface area contributed by atoms with Crippen molar-refractivity contribution in [1.29, 1.82) is 0 Å². The van der Waals surface area contributed by atoms with Crippen LogP contribution in [0.25, 0.3) is 0 Å². The molecule has 0 rings (SSSR count). The highest BCUT2D eigenvalue weighted by Crippen LogP contribution is 2.09. The molecule has 0 atom stereocenters. The van der Waals surface area contributed by atoms with Gasteiger partial charge >= 0.3 is 0 Å². The van der Waals surface area contributed by atoms with Crippen LogP contribution in [0.2, 0.25) is 12.1 Å². The summed E-state index contributed by atoms with van der Waals surface area (Å²) in [5.41, 5.74) is 0.136. The van der Waals surface area contributed by atoms with Gasteiger partial charge in [-0.1, -0.05) is 0 Å². The fourth-order valence-electron chi connectivity index (χ4n) is 0.961. The first-order valence-electron chi connectivity index (χ1n) is 5.49. The van der Waals surface area contributed by atoms with Gasteiger partial charge in [0.1, 0.15) is 0 Å². The minimum atomic E-state index is -0.302. The van der Waals surface area contributed by atoms with E-state index in [0.717, 1.165) is 0 Å². The van der Waals surface area contributed by atoms with E-state index >= 15 is 0 Å². The van der Waals surface area contributed by atoms with Crippen molar-refractivity contribution in [1.82, 2.24) is 0 Å². The Balaban J connectivity index is 3.23. The monoisotopic (exact) mass is 234 g/mol. The molecule has 0 bridgehead atoms. The first-order chi connectivity index (χ1) is 6.21. The van der Waals surface area contributed by atoms with Gasteiger partial charge in [-0.05, 0) is 53.6 Å². The third-order valence-electron chi connectivity index (χ3n) is 1.61. The molecular formula is C10H26O2Si2. The van der Waals surface area contributed by atoms with Crippen LogP contribution in [-0.2, 0) is 8.85 Å². The van der Waals surface area contributed by atoms with Crippen LogP contribution in [-0.4, -0.2) is 30.7 Å². The highest BCUT2D eigenvalue weighted by Gasteiger charge is 2.10. The summed E-state index contributed by atoms with van der Waals surface area (Å²) in [6, 6.07) is 2.55. The van der Waals surface area contributed by atoms with E-state index < -0.39 is 0 Å². The van der Waals surface area contributed by atoms with Crippen LogP contribution in [0.5, 0.6) is 0 Å². The summed E-state index contributed by atoms with van der Waals surface area (Å²) in [7, 11) is -0.605. The topological polar surface area (TPSA) is 18.5 Å². The van der Waals surface area contributed by atoms with Crippen molar-refractivity contribution in [2.24, 2.45) is 0 Å². The van der Waals surface area contributed by atoms with Gasteiger partial charge < -0.3 is 8.85 Å². The second kappa shape index (κ2) is 6.05. The van der Waals surface area contributed by atoms with Gasteiger partial charge in [-0.2, -0.15) is 0 Å². The molecule has 0 aliphatic rings. The maximum absolute atomic E-state index is 5.77. The Kier molecular flexibility index (Phi) is 6.20. The molecule has 0 aromatic heterocycles. The van der Waals surface area contributed by atoms with Crippen molar-refractivity contribution in [3.63, 3.8) is 0 Å². The zero-order chi connectivity index (χ0) is 11.2. The highest BCUT2D eigenvalue weighted by atomic mass is 28.2. The predicted octanol–water partition coefficient (Wildman–Crippen LogP) is 1.62. The fraction of sp³-hybridized carbons (Fsp3) is 1.00. The molecule has 0 N–H and O–H groups in total. The maximum atomic E-state index is 5.77. The van der Waals surface area contributed by atoms with Crippen molar-refractivity contribution in [3.05, 3.63) is 0 Å². The third kappa shape index (κ3) is 12.4. The van der Waals surface area contributed by atoms with Crippen molar-refractivity contribution in [2.75, 3.05) is 0 Å².